The van der Waals surface area contributed by atoms with E-state index in [0.717, 1.165) is 5.69 Å². The lowest BCUT2D eigenvalue weighted by atomic mass is 10.2. The molecule has 0 saturated heterocycles. The minimum Gasteiger partial charge on any atom is -0.222 e. The molecule has 1 aromatic heterocycles. The fourth-order valence-corrected chi connectivity index (χ4v) is 2.88. The van der Waals surface area contributed by atoms with Gasteiger partial charge in [-0.3, -0.25) is 0 Å². The highest BCUT2D eigenvalue weighted by Gasteiger charge is 2.22. The molecule has 0 saturated carbocycles. The van der Waals surface area contributed by atoms with Crippen LogP contribution in [-0.4, -0.2) is 23.1 Å². The van der Waals surface area contributed by atoms with Crippen molar-refractivity contribution in [1.29, 1.82) is 0 Å². The second-order valence-electron chi connectivity index (χ2n) is 5.12. The Morgan fingerprint density at radius 1 is 1.06 bits per heavy atom. The van der Waals surface area contributed by atoms with Gasteiger partial charge in [0.25, 0.3) is 0 Å². The van der Waals surface area contributed by atoms with E-state index in [0.29, 0.717) is 0 Å². The lowest BCUT2D eigenvalue weighted by Gasteiger charge is -2.16. The summed E-state index contributed by atoms with van der Waals surface area (Å²) in [6, 6.07) is 8.39. The monoisotopic (exact) mass is 231 g/mol. The standard InChI is InChI=1S/C12H17N3Si/c1-10-5-7-11(8-6-10)15-12(9-13-14-15)16(2,3)4/h5-9H,1-4H3. The second kappa shape index (κ2) is 3.86. The molecule has 4 heteroatoms. The molecular weight excluding hydrogens is 214 g/mol. The van der Waals surface area contributed by atoms with Crippen molar-refractivity contribution in [1.82, 2.24) is 15.0 Å². The summed E-state index contributed by atoms with van der Waals surface area (Å²) in [7, 11) is -1.38. The van der Waals surface area contributed by atoms with Crippen molar-refractivity contribution in [2.75, 3.05) is 0 Å². The largest absolute Gasteiger partial charge is 0.222 e. The van der Waals surface area contributed by atoms with Crippen LogP contribution >= 0.6 is 0 Å². The summed E-state index contributed by atoms with van der Waals surface area (Å²) in [6.07, 6.45) is 1.89. The molecular formula is C12H17N3Si. The Morgan fingerprint density at radius 3 is 2.25 bits per heavy atom. The molecule has 2 rings (SSSR count). The Balaban J connectivity index is 2.49. The van der Waals surface area contributed by atoms with E-state index in [1.54, 1.807) is 0 Å². The Kier molecular flexibility index (Phi) is 2.67. The van der Waals surface area contributed by atoms with Crippen molar-refractivity contribution in [2.45, 2.75) is 26.6 Å². The molecule has 0 aliphatic carbocycles. The molecule has 1 aromatic carbocycles. The molecule has 16 heavy (non-hydrogen) atoms. The third-order valence-electron chi connectivity index (χ3n) is 2.60. The number of nitrogens with zero attached hydrogens (tertiary/aromatic N) is 3. The van der Waals surface area contributed by atoms with Gasteiger partial charge in [-0.2, -0.15) is 0 Å². The Labute approximate surface area is 97.1 Å². The zero-order valence-corrected chi connectivity index (χ0v) is 11.2. The molecule has 0 unspecified atom stereocenters. The first-order valence-corrected chi connectivity index (χ1v) is 8.97. The van der Waals surface area contributed by atoms with E-state index in [-0.39, 0.29) is 0 Å². The molecule has 0 aliphatic heterocycles. The van der Waals surface area contributed by atoms with Gasteiger partial charge in [0.2, 0.25) is 0 Å². The fraction of sp³-hybridized carbons (Fsp3) is 0.333. The van der Waals surface area contributed by atoms with E-state index in [9.17, 15) is 0 Å². The van der Waals surface area contributed by atoms with Crippen LogP contribution in [0.4, 0.5) is 0 Å². The lowest BCUT2D eigenvalue weighted by molar-refractivity contribution is 0.813. The van der Waals surface area contributed by atoms with Gasteiger partial charge in [-0.25, -0.2) is 4.68 Å². The van der Waals surface area contributed by atoms with E-state index in [1.165, 1.54) is 10.9 Å². The number of aryl methyl sites for hydroxylation is 1. The van der Waals surface area contributed by atoms with Gasteiger partial charge in [-0.1, -0.05) is 42.6 Å². The van der Waals surface area contributed by atoms with Gasteiger partial charge in [0, 0.05) is 5.32 Å². The first kappa shape index (κ1) is 11.1. The fourth-order valence-electron chi connectivity index (χ4n) is 1.62. The van der Waals surface area contributed by atoms with Crippen molar-refractivity contribution < 1.29 is 0 Å². The highest BCUT2D eigenvalue weighted by atomic mass is 28.3. The van der Waals surface area contributed by atoms with Crippen molar-refractivity contribution >= 4 is 13.4 Å². The molecule has 0 amide bonds. The molecule has 2 aromatic rings. The van der Waals surface area contributed by atoms with Crippen LogP contribution in [0.1, 0.15) is 5.56 Å². The van der Waals surface area contributed by atoms with Crippen LogP contribution < -0.4 is 5.32 Å². The highest BCUT2D eigenvalue weighted by Crippen LogP contribution is 2.09. The molecule has 0 aliphatic rings. The predicted octanol–water partition coefficient (Wildman–Crippen LogP) is 2.12. The SMILES string of the molecule is Cc1ccc(-n2nncc2[Si](C)(C)C)cc1. The third-order valence-corrected chi connectivity index (χ3v) is 4.47. The van der Waals surface area contributed by atoms with Crippen LogP contribution in [0.15, 0.2) is 30.5 Å². The topological polar surface area (TPSA) is 30.7 Å². The maximum Gasteiger partial charge on any atom is 0.104 e. The van der Waals surface area contributed by atoms with Gasteiger partial charge in [0.15, 0.2) is 0 Å². The van der Waals surface area contributed by atoms with Crippen molar-refractivity contribution in [3.8, 4) is 5.69 Å². The maximum atomic E-state index is 4.18. The molecule has 3 nitrogen and oxygen atoms in total. The maximum absolute atomic E-state index is 4.18. The smallest absolute Gasteiger partial charge is 0.104 e. The number of hydrogen-bond acceptors (Lipinski definition) is 2. The summed E-state index contributed by atoms with van der Waals surface area (Å²) in [5.74, 6) is 0. The molecule has 1 heterocycles. The zero-order valence-electron chi connectivity index (χ0n) is 10.2. The quantitative estimate of drug-likeness (QED) is 0.741. The number of aromatic nitrogens is 3. The molecule has 0 spiro atoms. The zero-order chi connectivity index (χ0) is 11.8. The van der Waals surface area contributed by atoms with Gasteiger partial charge in [-0.15, -0.1) is 5.10 Å². The molecule has 84 valence electrons. The van der Waals surface area contributed by atoms with Crippen LogP contribution in [0.2, 0.25) is 19.6 Å². The van der Waals surface area contributed by atoms with E-state index in [4.69, 9.17) is 0 Å². The Morgan fingerprint density at radius 2 is 1.69 bits per heavy atom. The molecule has 0 radical (unpaired) electrons. The lowest BCUT2D eigenvalue weighted by Crippen LogP contribution is -2.42. The minimum absolute atomic E-state index is 1.10. The number of benzene rings is 1. The van der Waals surface area contributed by atoms with Gasteiger partial charge >= 0.3 is 0 Å². The summed E-state index contributed by atoms with van der Waals surface area (Å²) >= 11 is 0. The van der Waals surface area contributed by atoms with Crippen LogP contribution in [-0.2, 0) is 0 Å². The average molecular weight is 231 g/mol. The Hall–Kier alpha value is -1.42. The van der Waals surface area contributed by atoms with Gasteiger partial charge in [0.05, 0.1) is 11.9 Å². The molecule has 0 atom stereocenters. The number of rotatable bonds is 2. The van der Waals surface area contributed by atoms with Gasteiger partial charge in [0.1, 0.15) is 8.07 Å². The number of hydrogen-bond donors (Lipinski definition) is 0. The van der Waals surface area contributed by atoms with Crippen LogP contribution in [0, 0.1) is 6.92 Å². The Bertz CT molecular complexity index is 480. The highest BCUT2D eigenvalue weighted by molar-refractivity contribution is 6.88. The summed E-state index contributed by atoms with van der Waals surface area (Å²) < 4.78 is 1.96. The molecule has 0 N–H and O–H groups in total. The van der Waals surface area contributed by atoms with Crippen molar-refractivity contribution in [3.05, 3.63) is 36.0 Å². The average Bonchev–Trinajstić information content (AvgIpc) is 2.66. The van der Waals surface area contributed by atoms with E-state index < -0.39 is 8.07 Å². The molecule has 0 fully saturated rings. The third kappa shape index (κ3) is 2.06. The normalized spacial score (nSPS) is 11.8. The minimum atomic E-state index is -1.38. The van der Waals surface area contributed by atoms with E-state index >= 15 is 0 Å². The van der Waals surface area contributed by atoms with Crippen molar-refractivity contribution in [2.24, 2.45) is 0 Å². The predicted molar refractivity (Wildman–Crippen MR) is 69.1 cm³/mol. The summed E-state index contributed by atoms with van der Waals surface area (Å²) in [5.41, 5.74) is 2.36. The summed E-state index contributed by atoms with van der Waals surface area (Å²) in [4.78, 5) is 0. The second-order valence-corrected chi connectivity index (χ2v) is 10.1. The summed E-state index contributed by atoms with van der Waals surface area (Å²) in [5, 5.41) is 9.48. The first-order valence-electron chi connectivity index (χ1n) is 5.47. The van der Waals surface area contributed by atoms with Crippen LogP contribution in [0.25, 0.3) is 5.69 Å². The first-order chi connectivity index (χ1) is 7.48. The summed E-state index contributed by atoms with van der Waals surface area (Å²) in [6.45, 7) is 8.99. The van der Waals surface area contributed by atoms with Crippen LogP contribution in [0.3, 0.4) is 0 Å². The van der Waals surface area contributed by atoms with Crippen molar-refractivity contribution in [3.63, 3.8) is 0 Å². The van der Waals surface area contributed by atoms with Gasteiger partial charge in [-0.05, 0) is 19.1 Å². The van der Waals surface area contributed by atoms with Gasteiger partial charge < -0.3 is 0 Å². The van der Waals surface area contributed by atoms with Crippen LogP contribution in [0.5, 0.6) is 0 Å². The molecule has 0 bridgehead atoms. The van der Waals surface area contributed by atoms with E-state index in [1.807, 2.05) is 10.9 Å². The van der Waals surface area contributed by atoms with E-state index in [2.05, 4.69) is 61.1 Å².